The van der Waals surface area contributed by atoms with Gasteiger partial charge in [-0.15, -0.1) is 0 Å². The van der Waals surface area contributed by atoms with Gasteiger partial charge in [0.15, 0.2) is 0 Å². The van der Waals surface area contributed by atoms with Crippen LogP contribution in [0.5, 0.6) is 0 Å². The minimum Gasteiger partial charge on any atom is -0.350 e. The maximum Gasteiger partial charge on any atom is 0.253 e. The van der Waals surface area contributed by atoms with E-state index < -0.39 is 0 Å². The van der Waals surface area contributed by atoms with Gasteiger partial charge >= 0.3 is 0 Å². The summed E-state index contributed by atoms with van der Waals surface area (Å²) in [6.45, 7) is 0.196. The second kappa shape index (κ2) is 5.90. The number of carbonyl (C=O) groups is 1. The summed E-state index contributed by atoms with van der Waals surface area (Å²) < 4.78 is 13.9. The molecule has 0 aliphatic carbocycles. The van der Waals surface area contributed by atoms with Crippen LogP contribution in [-0.4, -0.2) is 15.5 Å². The van der Waals surface area contributed by atoms with Crippen LogP contribution in [0.25, 0.3) is 0 Å². The van der Waals surface area contributed by atoms with Gasteiger partial charge in [0.1, 0.15) is 12.4 Å². The molecule has 0 spiro atoms. The predicted molar refractivity (Wildman–Crippen MR) is 66.7 cm³/mol. The molecule has 1 aromatic carbocycles. The third-order valence-electron chi connectivity index (χ3n) is 2.51. The number of benzene rings is 1. The lowest BCUT2D eigenvalue weighted by Crippen LogP contribution is -2.31. The first-order chi connectivity index (χ1) is 9.15. The summed E-state index contributed by atoms with van der Waals surface area (Å²) in [5.41, 5.74) is 0.500. The molecule has 98 valence electrons. The fraction of sp³-hybridized carbons (Fsp3) is 0.154. The Labute approximate surface area is 108 Å². The minimum atomic E-state index is -0.322. The molecule has 2 aromatic rings. The van der Waals surface area contributed by atoms with Crippen molar-refractivity contribution < 1.29 is 9.18 Å². The van der Waals surface area contributed by atoms with Crippen LogP contribution in [0.3, 0.4) is 0 Å². The van der Waals surface area contributed by atoms with E-state index in [1.807, 2.05) is 0 Å². The maximum atomic E-state index is 12.7. The molecule has 1 heterocycles. The summed E-state index contributed by atoms with van der Waals surface area (Å²) in [5, 5.41) is 2.65. The average molecular weight is 261 g/mol. The van der Waals surface area contributed by atoms with Crippen molar-refractivity contribution in [3.8, 4) is 0 Å². The van der Waals surface area contributed by atoms with Gasteiger partial charge in [-0.1, -0.05) is 12.1 Å². The van der Waals surface area contributed by atoms with E-state index in [4.69, 9.17) is 0 Å². The van der Waals surface area contributed by atoms with Crippen LogP contribution in [-0.2, 0) is 17.9 Å². The van der Waals surface area contributed by atoms with Crippen molar-refractivity contribution in [2.45, 2.75) is 13.1 Å². The zero-order valence-corrected chi connectivity index (χ0v) is 10.0. The Kier molecular flexibility index (Phi) is 4.02. The first kappa shape index (κ1) is 12.9. The molecule has 0 atom stereocenters. The SMILES string of the molecule is O=C(Cn1cnccc1=O)NCc1ccc(F)cc1. The van der Waals surface area contributed by atoms with Gasteiger partial charge in [0.25, 0.3) is 5.56 Å². The number of amides is 1. The van der Waals surface area contributed by atoms with Crippen molar-refractivity contribution in [2.75, 3.05) is 0 Å². The van der Waals surface area contributed by atoms with E-state index in [-0.39, 0.29) is 30.4 Å². The molecule has 0 fully saturated rings. The molecule has 0 radical (unpaired) electrons. The molecule has 0 bridgehead atoms. The van der Waals surface area contributed by atoms with Gasteiger partial charge in [0.2, 0.25) is 5.91 Å². The van der Waals surface area contributed by atoms with Gasteiger partial charge in [-0.3, -0.25) is 14.2 Å². The van der Waals surface area contributed by atoms with Crippen molar-refractivity contribution in [1.82, 2.24) is 14.9 Å². The summed E-state index contributed by atoms with van der Waals surface area (Å²) in [6.07, 6.45) is 2.68. The largest absolute Gasteiger partial charge is 0.350 e. The van der Waals surface area contributed by atoms with Crippen molar-refractivity contribution in [1.29, 1.82) is 0 Å². The van der Waals surface area contributed by atoms with Crippen molar-refractivity contribution >= 4 is 5.91 Å². The van der Waals surface area contributed by atoms with Crippen LogP contribution >= 0.6 is 0 Å². The number of aromatic nitrogens is 2. The summed E-state index contributed by atoms with van der Waals surface area (Å²) in [5.74, 6) is -0.628. The third kappa shape index (κ3) is 3.74. The van der Waals surface area contributed by atoms with Crippen LogP contribution in [0.1, 0.15) is 5.56 Å². The van der Waals surface area contributed by atoms with E-state index in [0.29, 0.717) is 0 Å². The summed E-state index contributed by atoms with van der Waals surface area (Å²) in [4.78, 5) is 26.8. The second-order valence-electron chi connectivity index (χ2n) is 3.95. The quantitative estimate of drug-likeness (QED) is 0.881. The monoisotopic (exact) mass is 261 g/mol. The molecule has 6 heteroatoms. The molecule has 5 nitrogen and oxygen atoms in total. The third-order valence-corrected chi connectivity index (χ3v) is 2.51. The van der Waals surface area contributed by atoms with Gasteiger partial charge in [-0.05, 0) is 17.7 Å². The number of hydrogen-bond donors (Lipinski definition) is 1. The van der Waals surface area contributed by atoms with Crippen LogP contribution in [0, 0.1) is 5.82 Å². The molecule has 1 amide bonds. The predicted octanol–water partition coefficient (Wildman–Crippen LogP) is 0.699. The molecule has 1 N–H and O–H groups in total. The van der Waals surface area contributed by atoms with Crippen molar-refractivity contribution in [3.63, 3.8) is 0 Å². The van der Waals surface area contributed by atoms with E-state index in [9.17, 15) is 14.0 Å². The molecule has 2 rings (SSSR count). The van der Waals surface area contributed by atoms with E-state index in [0.717, 1.165) is 5.56 Å². The fourth-order valence-electron chi connectivity index (χ4n) is 1.51. The summed E-state index contributed by atoms with van der Waals surface area (Å²) in [7, 11) is 0. The van der Waals surface area contributed by atoms with E-state index in [1.54, 1.807) is 12.1 Å². The second-order valence-corrected chi connectivity index (χ2v) is 3.95. The fourth-order valence-corrected chi connectivity index (χ4v) is 1.51. The summed E-state index contributed by atoms with van der Waals surface area (Å²) in [6, 6.07) is 7.12. The summed E-state index contributed by atoms with van der Waals surface area (Å²) >= 11 is 0. The topological polar surface area (TPSA) is 64.0 Å². The van der Waals surface area contributed by atoms with Crippen LogP contribution in [0.2, 0.25) is 0 Å². The minimum absolute atomic E-state index is 0.0894. The highest BCUT2D eigenvalue weighted by atomic mass is 19.1. The molecule has 19 heavy (non-hydrogen) atoms. The number of halogens is 1. The Morgan fingerprint density at radius 3 is 2.68 bits per heavy atom. The first-order valence-electron chi connectivity index (χ1n) is 5.67. The molecular weight excluding hydrogens is 249 g/mol. The zero-order valence-electron chi connectivity index (χ0n) is 10.0. The van der Waals surface area contributed by atoms with Crippen LogP contribution < -0.4 is 10.9 Å². The van der Waals surface area contributed by atoms with Gasteiger partial charge < -0.3 is 5.32 Å². The molecule has 0 aliphatic rings. The lowest BCUT2D eigenvalue weighted by atomic mass is 10.2. The number of nitrogens with zero attached hydrogens (tertiary/aromatic N) is 2. The van der Waals surface area contributed by atoms with E-state index in [1.165, 1.54) is 35.3 Å². The lowest BCUT2D eigenvalue weighted by molar-refractivity contribution is -0.121. The highest BCUT2D eigenvalue weighted by Crippen LogP contribution is 2.01. The molecule has 0 saturated heterocycles. The Balaban J connectivity index is 1.90. The van der Waals surface area contributed by atoms with Gasteiger partial charge in [0.05, 0.1) is 6.33 Å². The number of rotatable bonds is 4. The zero-order chi connectivity index (χ0) is 13.7. The number of nitrogens with one attached hydrogen (secondary N) is 1. The Hall–Kier alpha value is -2.50. The van der Waals surface area contributed by atoms with Crippen molar-refractivity contribution in [2.24, 2.45) is 0 Å². The van der Waals surface area contributed by atoms with Crippen LogP contribution in [0.4, 0.5) is 4.39 Å². The first-order valence-corrected chi connectivity index (χ1v) is 5.67. The van der Waals surface area contributed by atoms with Gasteiger partial charge in [-0.25, -0.2) is 9.37 Å². The average Bonchev–Trinajstić information content (AvgIpc) is 2.41. The molecular formula is C13H12FN3O2. The maximum absolute atomic E-state index is 12.7. The molecule has 1 aromatic heterocycles. The van der Waals surface area contributed by atoms with Crippen LogP contribution in [0.15, 0.2) is 47.7 Å². The Bertz CT molecular complexity index is 622. The van der Waals surface area contributed by atoms with E-state index >= 15 is 0 Å². The van der Waals surface area contributed by atoms with E-state index in [2.05, 4.69) is 10.3 Å². The number of hydrogen-bond acceptors (Lipinski definition) is 3. The van der Waals surface area contributed by atoms with Gasteiger partial charge in [0, 0.05) is 18.8 Å². The highest BCUT2D eigenvalue weighted by molar-refractivity contribution is 5.75. The molecule has 0 aliphatic heterocycles. The molecule has 0 saturated carbocycles. The van der Waals surface area contributed by atoms with Crippen molar-refractivity contribution in [3.05, 3.63) is 64.6 Å². The Morgan fingerprint density at radius 1 is 1.26 bits per heavy atom. The highest BCUT2D eigenvalue weighted by Gasteiger charge is 2.04. The number of carbonyl (C=O) groups excluding carboxylic acids is 1. The smallest absolute Gasteiger partial charge is 0.253 e. The molecule has 0 unspecified atom stereocenters. The Morgan fingerprint density at radius 2 is 2.00 bits per heavy atom. The normalized spacial score (nSPS) is 10.2. The standard InChI is InChI=1S/C13H12FN3O2/c14-11-3-1-10(2-4-11)7-16-12(18)8-17-9-15-6-5-13(17)19/h1-6,9H,7-8H2,(H,16,18). The lowest BCUT2D eigenvalue weighted by Gasteiger charge is -2.06. The van der Waals surface area contributed by atoms with Gasteiger partial charge in [-0.2, -0.15) is 0 Å².